The zero-order chi connectivity index (χ0) is 12.5. The Bertz CT molecular complexity index is 436. The number of aryl methyl sites for hydroxylation is 1. The molecule has 1 aliphatic rings. The van der Waals surface area contributed by atoms with Gasteiger partial charge in [-0.25, -0.2) is 4.39 Å². The van der Waals surface area contributed by atoms with Crippen molar-refractivity contribution in [3.8, 4) is 0 Å². The first kappa shape index (κ1) is 12.0. The second kappa shape index (κ2) is 4.45. The molecule has 0 spiro atoms. The first-order chi connectivity index (χ1) is 8.06. The second-order valence-electron chi connectivity index (χ2n) is 4.78. The summed E-state index contributed by atoms with van der Waals surface area (Å²) in [6, 6.07) is 4.61. The van der Waals surface area contributed by atoms with Gasteiger partial charge in [-0.15, -0.1) is 0 Å². The molecule has 0 aromatic heterocycles. The fourth-order valence-corrected chi connectivity index (χ4v) is 2.10. The van der Waals surface area contributed by atoms with Crippen LogP contribution < -0.4 is 11.1 Å². The van der Waals surface area contributed by atoms with Crippen molar-refractivity contribution in [3.05, 3.63) is 35.1 Å². The summed E-state index contributed by atoms with van der Waals surface area (Å²) >= 11 is 0. The molecule has 1 amide bonds. The molecule has 3 N–H and O–H groups in total. The standard InChI is InChI=1S/C13H17FN2O/c1-9-3-4-10(11(14)7-9)12(17)16-13(8-15)5-2-6-13/h3-4,7H,2,5-6,8,15H2,1H3,(H,16,17). The molecule has 4 heteroatoms. The number of halogens is 1. The molecule has 1 saturated carbocycles. The number of hydrogen-bond acceptors (Lipinski definition) is 2. The minimum absolute atomic E-state index is 0.0929. The van der Waals surface area contributed by atoms with Gasteiger partial charge in [-0.05, 0) is 43.9 Å². The van der Waals surface area contributed by atoms with Gasteiger partial charge in [0.1, 0.15) is 5.82 Å². The van der Waals surface area contributed by atoms with Crippen molar-refractivity contribution in [2.75, 3.05) is 6.54 Å². The number of rotatable bonds is 3. The summed E-state index contributed by atoms with van der Waals surface area (Å²) < 4.78 is 13.6. The molecule has 0 saturated heterocycles. The molecule has 0 bridgehead atoms. The summed E-state index contributed by atoms with van der Waals surface area (Å²) in [7, 11) is 0. The van der Waals surface area contributed by atoms with Crippen LogP contribution in [0, 0.1) is 12.7 Å². The third-order valence-electron chi connectivity index (χ3n) is 3.45. The number of amides is 1. The van der Waals surface area contributed by atoms with Gasteiger partial charge in [0.05, 0.1) is 11.1 Å². The molecule has 92 valence electrons. The van der Waals surface area contributed by atoms with Gasteiger partial charge in [0, 0.05) is 6.54 Å². The third kappa shape index (κ3) is 2.31. The van der Waals surface area contributed by atoms with Crippen molar-refractivity contribution in [2.24, 2.45) is 5.73 Å². The monoisotopic (exact) mass is 236 g/mol. The molecule has 1 aromatic carbocycles. The fraction of sp³-hybridized carbons (Fsp3) is 0.462. The molecule has 17 heavy (non-hydrogen) atoms. The molecule has 0 aliphatic heterocycles. The Morgan fingerprint density at radius 2 is 2.24 bits per heavy atom. The Morgan fingerprint density at radius 1 is 1.53 bits per heavy atom. The Morgan fingerprint density at radius 3 is 2.71 bits per heavy atom. The van der Waals surface area contributed by atoms with Crippen LogP contribution in [0.25, 0.3) is 0 Å². The molecular formula is C13H17FN2O. The van der Waals surface area contributed by atoms with Crippen molar-refractivity contribution in [3.63, 3.8) is 0 Å². The number of nitrogens with two attached hydrogens (primary N) is 1. The molecule has 3 nitrogen and oxygen atoms in total. The van der Waals surface area contributed by atoms with Crippen LogP contribution in [0.1, 0.15) is 35.2 Å². The van der Waals surface area contributed by atoms with Gasteiger partial charge in [-0.1, -0.05) is 6.07 Å². The van der Waals surface area contributed by atoms with Crippen LogP contribution in [0.2, 0.25) is 0 Å². The molecule has 1 aromatic rings. The summed E-state index contributed by atoms with van der Waals surface area (Å²) in [6.07, 6.45) is 2.82. The minimum Gasteiger partial charge on any atom is -0.345 e. The number of carbonyl (C=O) groups excluding carboxylic acids is 1. The molecule has 0 radical (unpaired) electrons. The lowest BCUT2D eigenvalue weighted by Gasteiger charge is -2.41. The van der Waals surface area contributed by atoms with E-state index in [1.165, 1.54) is 12.1 Å². The van der Waals surface area contributed by atoms with E-state index in [2.05, 4.69) is 5.32 Å². The van der Waals surface area contributed by atoms with E-state index in [-0.39, 0.29) is 17.0 Å². The number of carbonyl (C=O) groups is 1. The Labute approximate surface area is 100 Å². The van der Waals surface area contributed by atoms with Crippen LogP contribution >= 0.6 is 0 Å². The highest BCUT2D eigenvalue weighted by Crippen LogP contribution is 2.31. The van der Waals surface area contributed by atoms with E-state index in [0.717, 1.165) is 24.8 Å². The Balaban J connectivity index is 2.14. The van der Waals surface area contributed by atoms with Gasteiger partial charge >= 0.3 is 0 Å². The van der Waals surface area contributed by atoms with Gasteiger partial charge in [0.15, 0.2) is 0 Å². The number of nitrogens with one attached hydrogen (secondary N) is 1. The van der Waals surface area contributed by atoms with Crippen LogP contribution in [0.3, 0.4) is 0 Å². The van der Waals surface area contributed by atoms with E-state index in [1.807, 2.05) is 0 Å². The van der Waals surface area contributed by atoms with E-state index in [1.54, 1.807) is 13.0 Å². The van der Waals surface area contributed by atoms with Crippen molar-refractivity contribution in [1.82, 2.24) is 5.32 Å². The van der Waals surface area contributed by atoms with Gasteiger partial charge in [0.25, 0.3) is 5.91 Å². The third-order valence-corrected chi connectivity index (χ3v) is 3.45. The predicted molar refractivity (Wildman–Crippen MR) is 64.2 cm³/mol. The molecule has 1 fully saturated rings. The molecular weight excluding hydrogens is 219 g/mol. The highest BCUT2D eigenvalue weighted by atomic mass is 19.1. The number of benzene rings is 1. The maximum absolute atomic E-state index is 13.6. The van der Waals surface area contributed by atoms with Gasteiger partial charge in [-0.3, -0.25) is 4.79 Å². The van der Waals surface area contributed by atoms with E-state index in [4.69, 9.17) is 5.73 Å². The van der Waals surface area contributed by atoms with Crippen molar-refractivity contribution >= 4 is 5.91 Å². The Kier molecular flexibility index (Phi) is 3.15. The summed E-state index contributed by atoms with van der Waals surface area (Å²) in [4.78, 5) is 11.9. The molecule has 0 atom stereocenters. The normalized spacial score (nSPS) is 17.4. The average molecular weight is 236 g/mol. The fourth-order valence-electron chi connectivity index (χ4n) is 2.10. The largest absolute Gasteiger partial charge is 0.345 e. The lowest BCUT2D eigenvalue weighted by atomic mass is 9.76. The summed E-state index contributed by atoms with van der Waals surface area (Å²) in [5.41, 5.74) is 6.23. The maximum atomic E-state index is 13.6. The summed E-state index contributed by atoms with van der Waals surface area (Å²) in [6.45, 7) is 2.20. The second-order valence-corrected chi connectivity index (χ2v) is 4.78. The van der Waals surface area contributed by atoms with Crippen LogP contribution in [-0.4, -0.2) is 18.0 Å². The molecule has 2 rings (SSSR count). The average Bonchev–Trinajstić information content (AvgIpc) is 2.23. The molecule has 1 aliphatic carbocycles. The van der Waals surface area contributed by atoms with Gasteiger partial charge < -0.3 is 11.1 Å². The summed E-state index contributed by atoms with van der Waals surface area (Å²) in [5, 5.41) is 2.85. The predicted octanol–water partition coefficient (Wildman–Crippen LogP) is 1.75. The number of hydrogen-bond donors (Lipinski definition) is 2. The van der Waals surface area contributed by atoms with Gasteiger partial charge in [-0.2, -0.15) is 0 Å². The van der Waals surface area contributed by atoms with Crippen LogP contribution in [0.4, 0.5) is 4.39 Å². The van der Waals surface area contributed by atoms with Crippen molar-refractivity contribution in [1.29, 1.82) is 0 Å². The van der Waals surface area contributed by atoms with E-state index in [9.17, 15) is 9.18 Å². The molecule has 0 unspecified atom stereocenters. The van der Waals surface area contributed by atoms with Crippen molar-refractivity contribution < 1.29 is 9.18 Å². The highest BCUT2D eigenvalue weighted by molar-refractivity contribution is 5.95. The first-order valence-electron chi connectivity index (χ1n) is 5.85. The lowest BCUT2D eigenvalue weighted by molar-refractivity contribution is 0.0833. The minimum atomic E-state index is -0.478. The smallest absolute Gasteiger partial charge is 0.254 e. The Hall–Kier alpha value is -1.42. The zero-order valence-electron chi connectivity index (χ0n) is 9.92. The van der Waals surface area contributed by atoms with E-state index < -0.39 is 5.82 Å². The van der Waals surface area contributed by atoms with E-state index in [0.29, 0.717) is 6.54 Å². The quantitative estimate of drug-likeness (QED) is 0.840. The SMILES string of the molecule is Cc1ccc(C(=O)NC2(CN)CCC2)c(F)c1. The van der Waals surface area contributed by atoms with Crippen LogP contribution in [0.15, 0.2) is 18.2 Å². The van der Waals surface area contributed by atoms with Crippen LogP contribution in [0.5, 0.6) is 0 Å². The first-order valence-corrected chi connectivity index (χ1v) is 5.85. The highest BCUT2D eigenvalue weighted by Gasteiger charge is 2.37. The zero-order valence-corrected chi connectivity index (χ0v) is 9.92. The topological polar surface area (TPSA) is 55.1 Å². The lowest BCUT2D eigenvalue weighted by Crippen LogP contribution is -2.58. The molecule has 0 heterocycles. The van der Waals surface area contributed by atoms with E-state index >= 15 is 0 Å². The van der Waals surface area contributed by atoms with Gasteiger partial charge in [0.2, 0.25) is 0 Å². The van der Waals surface area contributed by atoms with Crippen LogP contribution in [-0.2, 0) is 0 Å². The maximum Gasteiger partial charge on any atom is 0.254 e. The summed E-state index contributed by atoms with van der Waals surface area (Å²) in [5.74, 6) is -0.846. The van der Waals surface area contributed by atoms with Crippen molar-refractivity contribution in [2.45, 2.75) is 31.7 Å².